The van der Waals surface area contributed by atoms with Crippen LogP contribution in [-0.2, 0) is 18.5 Å². The molecule has 0 saturated heterocycles. The Morgan fingerprint density at radius 2 is 1.12 bits per heavy atom. The number of hydrogen-bond acceptors (Lipinski definition) is 9. The van der Waals surface area contributed by atoms with E-state index in [-0.39, 0.29) is 35.8 Å². The summed E-state index contributed by atoms with van der Waals surface area (Å²) >= 11 is 1.46. The first-order valence-corrected chi connectivity index (χ1v) is 16.1. The van der Waals surface area contributed by atoms with Crippen molar-refractivity contribution in [3.8, 4) is 0 Å². The number of nitrogens with zero attached hydrogens (tertiary/aromatic N) is 1. The lowest BCUT2D eigenvalue weighted by Gasteiger charge is -2.17. The van der Waals surface area contributed by atoms with Crippen molar-refractivity contribution in [2.24, 2.45) is 5.16 Å². The van der Waals surface area contributed by atoms with E-state index in [0.717, 1.165) is 9.79 Å². The van der Waals surface area contributed by atoms with Crippen LogP contribution in [0.25, 0.3) is 0 Å². The van der Waals surface area contributed by atoms with Gasteiger partial charge >= 0.3 is 13.6 Å². The van der Waals surface area contributed by atoms with Gasteiger partial charge in [0.15, 0.2) is 5.78 Å². The molecule has 220 valence electrons. The summed E-state index contributed by atoms with van der Waals surface area (Å²) in [7, 11) is -3.74. The van der Waals surface area contributed by atoms with E-state index in [9.17, 15) is 18.9 Å². The first kappa shape index (κ1) is 31.8. The molecular formula is C33H30NO7PS. The molecule has 4 rings (SSSR count). The van der Waals surface area contributed by atoms with Gasteiger partial charge in [0.25, 0.3) is 0 Å². The third kappa shape index (κ3) is 8.92. The zero-order valence-corrected chi connectivity index (χ0v) is 25.4. The summed E-state index contributed by atoms with van der Waals surface area (Å²) in [4.78, 5) is 45.5. The zero-order chi connectivity index (χ0) is 30.7. The SMILES string of the molecule is CCOP(=O)(C/C(=N\OC(=O)c1ccccc1)C(=O)c1ccc(Sc2ccc(C(=O)c3ccccc3)cc2)cc1)OCC. The largest absolute Gasteiger partial charge is 0.365 e. The molecule has 0 N–H and O–H groups in total. The first-order valence-electron chi connectivity index (χ1n) is 13.6. The number of benzene rings is 4. The standard InChI is InChI=1S/C33H30NO7PS/c1-3-39-42(38,40-4-2)23-30(34-41-33(37)27-13-9-6-10-14-27)32(36)26-17-21-29(22-18-26)43-28-19-15-25(16-20-28)31(35)24-11-7-5-8-12-24/h5-22H,3-4,23H2,1-2H3/b34-30+. The second-order valence-electron chi connectivity index (χ2n) is 9.06. The Labute approximate surface area is 254 Å². The van der Waals surface area contributed by atoms with Crippen LogP contribution in [0.5, 0.6) is 0 Å². The van der Waals surface area contributed by atoms with E-state index < -0.39 is 25.5 Å². The Morgan fingerprint density at radius 3 is 1.63 bits per heavy atom. The number of carbonyl (C=O) groups is 3. The maximum absolute atomic E-state index is 13.5. The van der Waals surface area contributed by atoms with Crippen molar-refractivity contribution < 1.29 is 32.8 Å². The molecule has 0 bridgehead atoms. The van der Waals surface area contributed by atoms with Crippen LogP contribution in [0.4, 0.5) is 0 Å². The van der Waals surface area contributed by atoms with Crippen LogP contribution in [0, 0.1) is 0 Å². The molecule has 8 nitrogen and oxygen atoms in total. The van der Waals surface area contributed by atoms with Crippen LogP contribution in [0.2, 0.25) is 0 Å². The van der Waals surface area contributed by atoms with Gasteiger partial charge in [0, 0.05) is 26.5 Å². The molecule has 0 atom stereocenters. The fourth-order valence-corrected chi connectivity index (χ4v) is 6.41. The van der Waals surface area contributed by atoms with Crippen molar-refractivity contribution in [2.45, 2.75) is 23.6 Å². The highest BCUT2D eigenvalue weighted by Crippen LogP contribution is 2.48. The lowest BCUT2D eigenvalue weighted by Crippen LogP contribution is -2.21. The van der Waals surface area contributed by atoms with E-state index in [1.54, 1.807) is 92.7 Å². The minimum absolute atomic E-state index is 0.0508. The summed E-state index contributed by atoms with van der Waals surface area (Å²) in [5, 5.41) is 3.81. The van der Waals surface area contributed by atoms with Crippen LogP contribution in [0.15, 0.2) is 124 Å². The average Bonchev–Trinajstić information content (AvgIpc) is 3.04. The summed E-state index contributed by atoms with van der Waals surface area (Å²) < 4.78 is 23.9. The summed E-state index contributed by atoms with van der Waals surface area (Å²) in [6.45, 7) is 3.50. The van der Waals surface area contributed by atoms with Gasteiger partial charge in [-0.2, -0.15) is 0 Å². The number of oxime groups is 1. The fourth-order valence-electron chi connectivity index (χ4n) is 3.98. The van der Waals surface area contributed by atoms with E-state index in [2.05, 4.69) is 5.16 Å². The normalized spacial score (nSPS) is 11.6. The monoisotopic (exact) mass is 615 g/mol. The molecule has 4 aromatic carbocycles. The van der Waals surface area contributed by atoms with Gasteiger partial charge in [-0.3, -0.25) is 14.2 Å². The minimum Gasteiger partial charge on any atom is -0.312 e. The maximum Gasteiger partial charge on any atom is 0.365 e. The Bertz CT molecular complexity index is 1610. The molecule has 0 fully saturated rings. The predicted molar refractivity (Wildman–Crippen MR) is 166 cm³/mol. The van der Waals surface area contributed by atoms with Crippen LogP contribution in [0.1, 0.15) is 50.5 Å². The third-order valence-corrected chi connectivity index (χ3v) is 9.02. The Hall–Kier alpha value is -4.14. The average molecular weight is 616 g/mol. The first-order chi connectivity index (χ1) is 20.8. The molecule has 0 unspecified atom stereocenters. The van der Waals surface area contributed by atoms with Crippen molar-refractivity contribution in [3.63, 3.8) is 0 Å². The highest BCUT2D eigenvalue weighted by Gasteiger charge is 2.31. The summed E-state index contributed by atoms with van der Waals surface area (Å²) in [5.41, 5.74) is 1.44. The molecule has 0 amide bonds. The van der Waals surface area contributed by atoms with Crippen LogP contribution >= 0.6 is 19.4 Å². The molecular weight excluding hydrogens is 585 g/mol. The van der Waals surface area contributed by atoms with E-state index in [4.69, 9.17) is 13.9 Å². The molecule has 0 radical (unpaired) electrons. The van der Waals surface area contributed by atoms with Crippen molar-refractivity contribution in [3.05, 3.63) is 131 Å². The molecule has 10 heteroatoms. The smallest absolute Gasteiger partial charge is 0.312 e. The number of hydrogen-bond donors (Lipinski definition) is 0. The number of rotatable bonds is 14. The number of Topliss-reactive ketones (excluding diaryl/α,β-unsaturated/α-hetero) is 1. The Balaban J connectivity index is 1.50. The van der Waals surface area contributed by atoms with Gasteiger partial charge in [-0.05, 0) is 74.5 Å². The molecule has 0 aliphatic carbocycles. The quantitative estimate of drug-likeness (QED) is 0.0466. The maximum atomic E-state index is 13.5. The van der Waals surface area contributed by atoms with Gasteiger partial charge in [0.1, 0.15) is 5.71 Å². The van der Waals surface area contributed by atoms with Crippen LogP contribution < -0.4 is 0 Å². The van der Waals surface area contributed by atoms with Gasteiger partial charge in [-0.1, -0.05) is 65.4 Å². The van der Waals surface area contributed by atoms with Crippen molar-refractivity contribution in [1.29, 1.82) is 0 Å². The second kappa shape index (κ2) is 15.4. The molecule has 0 saturated carbocycles. The van der Waals surface area contributed by atoms with Crippen molar-refractivity contribution in [2.75, 3.05) is 19.4 Å². The summed E-state index contributed by atoms with van der Waals surface area (Å²) in [6.07, 6.45) is -0.472. The summed E-state index contributed by atoms with van der Waals surface area (Å²) in [6, 6.07) is 31.3. The molecule has 4 aromatic rings. The molecule has 0 aromatic heterocycles. The fraction of sp³-hybridized carbons (Fsp3) is 0.152. The van der Waals surface area contributed by atoms with Gasteiger partial charge in [-0.15, -0.1) is 0 Å². The van der Waals surface area contributed by atoms with E-state index in [1.165, 1.54) is 11.8 Å². The number of ketones is 2. The molecule has 0 spiro atoms. The summed E-state index contributed by atoms with van der Waals surface area (Å²) in [5.74, 6) is -1.40. The highest BCUT2D eigenvalue weighted by atomic mass is 32.2. The molecule has 0 aliphatic heterocycles. The van der Waals surface area contributed by atoms with Crippen LogP contribution in [-0.4, -0.2) is 42.6 Å². The molecule has 0 aliphatic rings. The van der Waals surface area contributed by atoms with E-state index in [1.807, 2.05) is 30.3 Å². The molecule has 43 heavy (non-hydrogen) atoms. The third-order valence-electron chi connectivity index (χ3n) is 6.01. The highest BCUT2D eigenvalue weighted by molar-refractivity contribution is 7.99. The lowest BCUT2D eigenvalue weighted by molar-refractivity contribution is 0.0515. The minimum atomic E-state index is -3.74. The Morgan fingerprint density at radius 1 is 0.651 bits per heavy atom. The van der Waals surface area contributed by atoms with Gasteiger partial charge in [0.2, 0.25) is 5.78 Å². The van der Waals surface area contributed by atoms with Gasteiger partial charge in [0.05, 0.1) is 24.9 Å². The van der Waals surface area contributed by atoms with Crippen LogP contribution in [0.3, 0.4) is 0 Å². The van der Waals surface area contributed by atoms with Crippen molar-refractivity contribution >= 4 is 42.6 Å². The zero-order valence-electron chi connectivity index (χ0n) is 23.7. The van der Waals surface area contributed by atoms with Crippen molar-refractivity contribution in [1.82, 2.24) is 0 Å². The number of carbonyl (C=O) groups excluding carboxylic acids is 3. The topological polar surface area (TPSA) is 108 Å². The Kier molecular flexibility index (Phi) is 11.4. The lowest BCUT2D eigenvalue weighted by atomic mass is 10.0. The van der Waals surface area contributed by atoms with Gasteiger partial charge in [-0.25, -0.2) is 4.79 Å². The predicted octanol–water partition coefficient (Wildman–Crippen LogP) is 7.73. The van der Waals surface area contributed by atoms with Gasteiger partial charge < -0.3 is 13.9 Å². The second-order valence-corrected chi connectivity index (χ2v) is 12.3. The van der Waals surface area contributed by atoms with E-state index >= 15 is 0 Å². The molecule has 0 heterocycles. The van der Waals surface area contributed by atoms with E-state index in [0.29, 0.717) is 11.1 Å².